The molecule has 5 atom stereocenters. The minimum atomic E-state index is -4.22. The number of ether oxygens (including phenoxy) is 1. The monoisotopic (exact) mass is 474 g/mol. The minimum absolute atomic E-state index is 0.175. The SMILES string of the molecule is CCN(CC)CC.CCN(CC)CC.O=P(O)(O)CC[C@@H]1O[C@H](CO)[C@H](O)[C@H](O)[C@H]1O. The first-order valence-corrected chi connectivity index (χ1v) is 13.0. The van der Waals surface area contributed by atoms with E-state index < -0.39 is 50.9 Å². The highest BCUT2D eigenvalue weighted by molar-refractivity contribution is 7.51. The van der Waals surface area contributed by atoms with Crippen molar-refractivity contribution < 1.29 is 39.5 Å². The Morgan fingerprint density at radius 3 is 1.32 bits per heavy atom. The number of aliphatic hydroxyl groups is 4. The summed E-state index contributed by atoms with van der Waals surface area (Å²) in [6, 6.07) is 0. The van der Waals surface area contributed by atoms with Gasteiger partial charge in [-0.25, -0.2) is 0 Å². The standard InChI is InChI=1S/C8H17O8P.2C6H15N/c9-3-5-7(11)8(12)6(10)4(16-5)1-2-17(13,14)15;2*1-4-7(5-2)6-3/h4-12H,1-3H2,(H2,13,14,15);2*4-6H2,1-3H3/t4-,5+,6-,7-,8+;;/m0../s1. The second-order valence-corrected chi connectivity index (χ2v) is 9.06. The Hall–Kier alpha value is -0.130. The molecule has 1 aliphatic rings. The molecule has 1 aliphatic heterocycles. The number of hydrogen-bond acceptors (Lipinski definition) is 8. The van der Waals surface area contributed by atoms with Crippen LogP contribution < -0.4 is 0 Å². The van der Waals surface area contributed by atoms with E-state index in [0.29, 0.717) is 0 Å². The summed E-state index contributed by atoms with van der Waals surface area (Å²) in [5.74, 6) is 0. The van der Waals surface area contributed by atoms with E-state index in [1.807, 2.05) is 0 Å². The Morgan fingerprint density at radius 1 is 0.710 bits per heavy atom. The molecule has 1 saturated heterocycles. The van der Waals surface area contributed by atoms with E-state index in [1.165, 1.54) is 39.3 Å². The van der Waals surface area contributed by atoms with Crippen LogP contribution in [0.3, 0.4) is 0 Å². The fourth-order valence-corrected chi connectivity index (χ4v) is 3.65. The molecule has 11 heteroatoms. The van der Waals surface area contributed by atoms with E-state index in [-0.39, 0.29) is 6.42 Å². The molecule has 0 bridgehead atoms. The van der Waals surface area contributed by atoms with Crippen LogP contribution in [0.5, 0.6) is 0 Å². The van der Waals surface area contributed by atoms with Gasteiger partial charge in [-0.3, -0.25) is 4.57 Å². The highest BCUT2D eigenvalue weighted by Gasteiger charge is 2.43. The van der Waals surface area contributed by atoms with Crippen LogP contribution >= 0.6 is 7.60 Å². The summed E-state index contributed by atoms with van der Waals surface area (Å²) in [6.45, 7) is 19.7. The Kier molecular flexibility index (Phi) is 19.5. The summed E-state index contributed by atoms with van der Waals surface area (Å²) in [7, 11) is -4.22. The summed E-state index contributed by atoms with van der Waals surface area (Å²) >= 11 is 0. The zero-order valence-electron chi connectivity index (χ0n) is 20.1. The van der Waals surface area contributed by atoms with E-state index in [9.17, 15) is 19.9 Å². The molecule has 0 unspecified atom stereocenters. The number of nitrogens with zero attached hydrogens (tertiary/aromatic N) is 2. The number of rotatable bonds is 10. The van der Waals surface area contributed by atoms with Crippen molar-refractivity contribution in [2.45, 2.75) is 78.5 Å². The Balaban J connectivity index is 0. The van der Waals surface area contributed by atoms with Gasteiger partial charge in [0.05, 0.1) is 18.9 Å². The van der Waals surface area contributed by atoms with Crippen LogP contribution in [-0.2, 0) is 9.30 Å². The van der Waals surface area contributed by atoms with Crippen molar-refractivity contribution in [3.63, 3.8) is 0 Å². The predicted molar refractivity (Wildman–Crippen MR) is 122 cm³/mol. The van der Waals surface area contributed by atoms with Gasteiger partial charge in [-0.05, 0) is 45.7 Å². The lowest BCUT2D eigenvalue weighted by Crippen LogP contribution is -2.58. The Labute approximate surface area is 188 Å². The van der Waals surface area contributed by atoms with Crippen LogP contribution in [0.15, 0.2) is 0 Å². The minimum Gasteiger partial charge on any atom is -0.394 e. The molecule has 6 N–H and O–H groups in total. The van der Waals surface area contributed by atoms with Crippen LogP contribution in [0.1, 0.15) is 48.0 Å². The van der Waals surface area contributed by atoms with Crippen molar-refractivity contribution in [1.82, 2.24) is 9.80 Å². The number of hydrogen-bond donors (Lipinski definition) is 6. The molecular weight excluding hydrogens is 427 g/mol. The molecular formula is C20H47N2O8P. The zero-order chi connectivity index (χ0) is 24.6. The Morgan fingerprint density at radius 2 is 1.06 bits per heavy atom. The van der Waals surface area contributed by atoms with Crippen molar-refractivity contribution in [2.75, 3.05) is 52.0 Å². The molecule has 0 aliphatic carbocycles. The fourth-order valence-electron chi connectivity index (χ4n) is 3.05. The maximum atomic E-state index is 10.7. The number of aliphatic hydroxyl groups excluding tert-OH is 4. The van der Waals surface area contributed by atoms with Gasteiger partial charge in [0.2, 0.25) is 0 Å². The van der Waals surface area contributed by atoms with E-state index in [4.69, 9.17) is 19.6 Å². The van der Waals surface area contributed by atoms with Gasteiger partial charge in [-0.2, -0.15) is 0 Å². The van der Waals surface area contributed by atoms with Gasteiger partial charge in [-0.15, -0.1) is 0 Å². The largest absolute Gasteiger partial charge is 0.394 e. The molecule has 0 radical (unpaired) electrons. The third-order valence-electron chi connectivity index (χ3n) is 5.38. The Bertz CT molecular complexity index is 435. The topological polar surface area (TPSA) is 154 Å². The van der Waals surface area contributed by atoms with Crippen LogP contribution in [0.25, 0.3) is 0 Å². The van der Waals surface area contributed by atoms with Crippen LogP contribution in [0.4, 0.5) is 0 Å². The molecule has 0 saturated carbocycles. The van der Waals surface area contributed by atoms with E-state index in [2.05, 4.69) is 51.3 Å². The molecule has 190 valence electrons. The first kappa shape index (κ1) is 33.0. The van der Waals surface area contributed by atoms with E-state index in [0.717, 1.165) is 0 Å². The van der Waals surface area contributed by atoms with Gasteiger partial charge in [0.15, 0.2) is 0 Å². The highest BCUT2D eigenvalue weighted by Crippen LogP contribution is 2.37. The van der Waals surface area contributed by atoms with Crippen molar-refractivity contribution in [3.8, 4) is 0 Å². The van der Waals surface area contributed by atoms with Crippen molar-refractivity contribution in [2.24, 2.45) is 0 Å². The van der Waals surface area contributed by atoms with Gasteiger partial charge < -0.3 is 44.7 Å². The normalized spacial score (nSPS) is 26.2. The van der Waals surface area contributed by atoms with Crippen molar-refractivity contribution >= 4 is 7.60 Å². The molecule has 1 fully saturated rings. The van der Waals surface area contributed by atoms with Crippen LogP contribution in [0, 0.1) is 0 Å². The molecule has 0 amide bonds. The molecule has 0 aromatic carbocycles. The lowest BCUT2D eigenvalue weighted by molar-refractivity contribution is -0.229. The van der Waals surface area contributed by atoms with Crippen LogP contribution in [0.2, 0.25) is 0 Å². The molecule has 0 aromatic rings. The third kappa shape index (κ3) is 14.6. The van der Waals surface area contributed by atoms with Gasteiger partial charge in [0.25, 0.3) is 0 Å². The zero-order valence-corrected chi connectivity index (χ0v) is 21.0. The second-order valence-electron chi connectivity index (χ2n) is 7.28. The molecule has 0 aromatic heterocycles. The van der Waals surface area contributed by atoms with E-state index in [1.54, 1.807) is 0 Å². The van der Waals surface area contributed by atoms with Crippen molar-refractivity contribution in [1.29, 1.82) is 0 Å². The summed E-state index contributed by atoms with van der Waals surface area (Å²) < 4.78 is 15.7. The third-order valence-corrected chi connectivity index (χ3v) is 6.22. The smallest absolute Gasteiger partial charge is 0.325 e. The highest BCUT2D eigenvalue weighted by atomic mass is 31.2. The maximum absolute atomic E-state index is 10.7. The van der Waals surface area contributed by atoms with Gasteiger partial charge in [0, 0.05) is 0 Å². The lowest BCUT2D eigenvalue weighted by atomic mass is 9.94. The summed E-state index contributed by atoms with van der Waals surface area (Å²) in [5.41, 5.74) is 0. The first-order chi connectivity index (χ1) is 14.5. The first-order valence-electron chi connectivity index (χ1n) is 11.3. The van der Waals surface area contributed by atoms with Crippen molar-refractivity contribution in [3.05, 3.63) is 0 Å². The predicted octanol–water partition coefficient (Wildman–Crippen LogP) is 0.0928. The van der Waals surface area contributed by atoms with Gasteiger partial charge in [0.1, 0.15) is 24.4 Å². The summed E-state index contributed by atoms with van der Waals surface area (Å²) in [4.78, 5) is 22.1. The molecule has 10 nitrogen and oxygen atoms in total. The summed E-state index contributed by atoms with van der Waals surface area (Å²) in [5, 5.41) is 37.3. The molecule has 1 heterocycles. The van der Waals surface area contributed by atoms with Gasteiger partial charge in [-0.1, -0.05) is 41.5 Å². The average Bonchev–Trinajstić information content (AvgIpc) is 2.74. The second kappa shape index (κ2) is 18.3. The summed E-state index contributed by atoms with van der Waals surface area (Å²) in [6.07, 6.45) is -7.17. The fraction of sp³-hybridized carbons (Fsp3) is 1.00. The molecule has 31 heavy (non-hydrogen) atoms. The quantitative estimate of drug-likeness (QED) is 0.240. The van der Waals surface area contributed by atoms with E-state index >= 15 is 0 Å². The van der Waals surface area contributed by atoms with Crippen LogP contribution in [-0.4, -0.2) is 123 Å². The lowest BCUT2D eigenvalue weighted by Gasteiger charge is -2.40. The van der Waals surface area contributed by atoms with Gasteiger partial charge >= 0.3 is 7.60 Å². The average molecular weight is 475 g/mol. The molecule has 0 spiro atoms. The molecule has 1 rings (SSSR count). The maximum Gasteiger partial charge on any atom is 0.325 e.